The third kappa shape index (κ3) is 4.38. The van der Waals surface area contributed by atoms with Crippen molar-refractivity contribution in [3.8, 4) is 0 Å². The Hall–Kier alpha value is -2.57. The minimum atomic E-state index is -0.388. The zero-order valence-electron chi connectivity index (χ0n) is 16.4. The highest BCUT2D eigenvalue weighted by Gasteiger charge is 2.35. The van der Waals surface area contributed by atoms with Gasteiger partial charge in [0.1, 0.15) is 0 Å². The molecule has 2 aliphatic rings. The predicted molar refractivity (Wildman–Crippen MR) is 115 cm³/mol. The lowest BCUT2D eigenvalue weighted by atomic mass is 10.1. The first-order chi connectivity index (χ1) is 14.0. The molecule has 2 aromatic carbocycles. The quantitative estimate of drug-likeness (QED) is 0.833. The van der Waals surface area contributed by atoms with Gasteiger partial charge in [0.15, 0.2) is 0 Å². The molecule has 0 aliphatic carbocycles. The van der Waals surface area contributed by atoms with Gasteiger partial charge in [-0.15, -0.1) is 0 Å². The van der Waals surface area contributed by atoms with Gasteiger partial charge in [-0.2, -0.15) is 0 Å². The molecule has 7 heteroatoms. The molecule has 0 radical (unpaired) electrons. The zero-order valence-corrected chi connectivity index (χ0v) is 17.1. The number of aryl methyl sites for hydroxylation is 1. The summed E-state index contributed by atoms with van der Waals surface area (Å²) in [6.07, 6.45) is 0.208. The van der Waals surface area contributed by atoms with Crippen molar-refractivity contribution >= 4 is 40.5 Å². The molecule has 0 spiro atoms. The predicted octanol–water partition coefficient (Wildman–Crippen LogP) is 3.48. The molecular formula is C22H24ClN3O3. The summed E-state index contributed by atoms with van der Waals surface area (Å²) in [6, 6.07) is 13.3. The third-order valence-corrected chi connectivity index (χ3v) is 5.71. The number of morpholine rings is 1. The number of amides is 2. The molecule has 1 atom stereocenters. The number of rotatable bonds is 4. The lowest BCUT2D eigenvalue weighted by Crippen LogP contribution is -2.36. The molecule has 0 aromatic heterocycles. The molecule has 2 amide bonds. The molecular weight excluding hydrogens is 390 g/mol. The molecule has 2 aromatic rings. The number of carbonyl (C=O) groups is 2. The molecule has 4 rings (SSSR count). The van der Waals surface area contributed by atoms with E-state index in [1.165, 1.54) is 0 Å². The molecule has 6 nitrogen and oxygen atoms in total. The standard InChI is InChI=1S/C22H24ClN3O3/c1-15-2-5-18(6-3-15)26-14-16(12-21(26)27)22(28)24-17-4-7-20(19(23)13-17)25-8-10-29-11-9-25/h2-7,13,16H,8-12,14H2,1H3,(H,24,28)/t16-/m0/s1. The summed E-state index contributed by atoms with van der Waals surface area (Å²) >= 11 is 6.45. The van der Waals surface area contributed by atoms with Crippen LogP contribution in [0.5, 0.6) is 0 Å². The molecule has 0 saturated carbocycles. The van der Waals surface area contributed by atoms with E-state index in [1.807, 2.05) is 43.3 Å². The van der Waals surface area contributed by atoms with Gasteiger partial charge in [-0.05, 0) is 37.3 Å². The van der Waals surface area contributed by atoms with Crippen molar-refractivity contribution in [3.05, 3.63) is 53.1 Å². The van der Waals surface area contributed by atoms with E-state index in [4.69, 9.17) is 16.3 Å². The second-order valence-corrected chi connectivity index (χ2v) is 7.90. The summed E-state index contributed by atoms with van der Waals surface area (Å²) in [5.41, 5.74) is 3.54. The second-order valence-electron chi connectivity index (χ2n) is 7.50. The van der Waals surface area contributed by atoms with Crippen molar-refractivity contribution in [3.63, 3.8) is 0 Å². The number of carbonyl (C=O) groups excluding carboxylic acids is 2. The van der Waals surface area contributed by atoms with Gasteiger partial charge in [0, 0.05) is 37.4 Å². The van der Waals surface area contributed by atoms with Crippen LogP contribution < -0.4 is 15.1 Å². The fourth-order valence-electron chi connectivity index (χ4n) is 3.75. The van der Waals surface area contributed by atoms with E-state index in [1.54, 1.807) is 11.0 Å². The summed E-state index contributed by atoms with van der Waals surface area (Å²) < 4.78 is 5.38. The van der Waals surface area contributed by atoms with Gasteiger partial charge in [-0.1, -0.05) is 29.3 Å². The van der Waals surface area contributed by atoms with Gasteiger partial charge < -0.3 is 19.9 Å². The Morgan fingerprint density at radius 1 is 1.14 bits per heavy atom. The first-order valence-electron chi connectivity index (χ1n) is 9.81. The molecule has 0 unspecified atom stereocenters. The van der Waals surface area contributed by atoms with Crippen molar-refractivity contribution < 1.29 is 14.3 Å². The number of halogens is 1. The van der Waals surface area contributed by atoms with Crippen LogP contribution in [-0.2, 0) is 14.3 Å². The van der Waals surface area contributed by atoms with Crippen LogP contribution in [0, 0.1) is 12.8 Å². The largest absolute Gasteiger partial charge is 0.378 e. The van der Waals surface area contributed by atoms with Crippen LogP contribution in [0.3, 0.4) is 0 Å². The van der Waals surface area contributed by atoms with Crippen molar-refractivity contribution in [2.24, 2.45) is 5.92 Å². The maximum atomic E-state index is 12.7. The molecule has 2 heterocycles. The first-order valence-corrected chi connectivity index (χ1v) is 10.2. The number of nitrogens with zero attached hydrogens (tertiary/aromatic N) is 2. The van der Waals surface area contributed by atoms with E-state index in [0.717, 1.165) is 30.0 Å². The zero-order chi connectivity index (χ0) is 20.4. The summed E-state index contributed by atoms with van der Waals surface area (Å²) in [6.45, 7) is 5.34. The van der Waals surface area contributed by atoms with Gasteiger partial charge in [-0.25, -0.2) is 0 Å². The maximum absolute atomic E-state index is 12.7. The van der Waals surface area contributed by atoms with Gasteiger partial charge in [0.2, 0.25) is 11.8 Å². The minimum absolute atomic E-state index is 0.0327. The van der Waals surface area contributed by atoms with Crippen LogP contribution in [0.1, 0.15) is 12.0 Å². The van der Waals surface area contributed by atoms with Gasteiger partial charge >= 0.3 is 0 Å². The van der Waals surface area contributed by atoms with E-state index in [9.17, 15) is 9.59 Å². The van der Waals surface area contributed by atoms with Crippen LogP contribution >= 0.6 is 11.6 Å². The second kappa shape index (κ2) is 8.43. The third-order valence-electron chi connectivity index (χ3n) is 5.41. The lowest BCUT2D eigenvalue weighted by molar-refractivity contribution is -0.122. The molecule has 1 N–H and O–H groups in total. The number of benzene rings is 2. The lowest BCUT2D eigenvalue weighted by Gasteiger charge is -2.29. The Kier molecular flexibility index (Phi) is 5.74. The highest BCUT2D eigenvalue weighted by molar-refractivity contribution is 6.33. The van der Waals surface area contributed by atoms with E-state index in [0.29, 0.717) is 30.5 Å². The van der Waals surface area contributed by atoms with Crippen LogP contribution in [0.2, 0.25) is 5.02 Å². The fourth-order valence-corrected chi connectivity index (χ4v) is 4.05. The van der Waals surface area contributed by atoms with Crippen LogP contribution in [-0.4, -0.2) is 44.7 Å². The summed E-state index contributed by atoms with van der Waals surface area (Å²) in [5, 5.41) is 3.50. The molecule has 152 valence electrons. The van der Waals surface area contributed by atoms with Crippen LogP contribution in [0.25, 0.3) is 0 Å². The van der Waals surface area contributed by atoms with Crippen molar-refractivity contribution in [2.75, 3.05) is 48.0 Å². The highest BCUT2D eigenvalue weighted by atomic mass is 35.5. The van der Waals surface area contributed by atoms with E-state index >= 15 is 0 Å². The van der Waals surface area contributed by atoms with Crippen LogP contribution in [0.4, 0.5) is 17.1 Å². The average Bonchev–Trinajstić information content (AvgIpc) is 3.11. The number of anilines is 3. The number of ether oxygens (including phenoxy) is 1. The Bertz CT molecular complexity index is 910. The smallest absolute Gasteiger partial charge is 0.229 e. The average molecular weight is 414 g/mol. The van der Waals surface area contributed by atoms with Crippen LogP contribution in [0.15, 0.2) is 42.5 Å². The van der Waals surface area contributed by atoms with Gasteiger partial charge in [-0.3, -0.25) is 9.59 Å². The van der Waals surface area contributed by atoms with Crippen molar-refractivity contribution in [1.82, 2.24) is 0 Å². The first kappa shape index (κ1) is 19.7. The van der Waals surface area contributed by atoms with Gasteiger partial charge in [0.05, 0.1) is 29.8 Å². The monoisotopic (exact) mass is 413 g/mol. The van der Waals surface area contributed by atoms with Gasteiger partial charge in [0.25, 0.3) is 0 Å². The Morgan fingerprint density at radius 2 is 1.86 bits per heavy atom. The van der Waals surface area contributed by atoms with E-state index in [2.05, 4.69) is 10.2 Å². The normalized spacial score (nSPS) is 19.5. The molecule has 29 heavy (non-hydrogen) atoms. The SMILES string of the molecule is Cc1ccc(N2C[C@@H](C(=O)Nc3ccc(N4CCOCC4)c(Cl)c3)CC2=O)cc1. The molecule has 2 fully saturated rings. The number of hydrogen-bond donors (Lipinski definition) is 1. The summed E-state index contributed by atoms with van der Waals surface area (Å²) in [4.78, 5) is 29.0. The van der Waals surface area contributed by atoms with E-state index in [-0.39, 0.29) is 24.2 Å². The summed E-state index contributed by atoms with van der Waals surface area (Å²) in [7, 11) is 0. The fraction of sp³-hybridized carbons (Fsp3) is 0.364. The Morgan fingerprint density at radius 3 is 2.55 bits per heavy atom. The van der Waals surface area contributed by atoms with Crippen molar-refractivity contribution in [2.45, 2.75) is 13.3 Å². The van der Waals surface area contributed by atoms with Crippen molar-refractivity contribution in [1.29, 1.82) is 0 Å². The van der Waals surface area contributed by atoms with E-state index < -0.39 is 0 Å². The molecule has 0 bridgehead atoms. The maximum Gasteiger partial charge on any atom is 0.229 e. The Labute approximate surface area is 175 Å². The topological polar surface area (TPSA) is 61.9 Å². The minimum Gasteiger partial charge on any atom is -0.378 e. The Balaban J connectivity index is 1.41. The summed E-state index contributed by atoms with van der Waals surface area (Å²) in [5.74, 6) is -0.584. The molecule has 2 aliphatic heterocycles. The molecule has 2 saturated heterocycles. The number of hydrogen-bond acceptors (Lipinski definition) is 4. The number of nitrogens with one attached hydrogen (secondary N) is 1. The highest BCUT2D eigenvalue weighted by Crippen LogP contribution is 2.31.